The number of rotatable bonds is 6. The Morgan fingerprint density at radius 2 is 1.95 bits per heavy atom. The van der Waals surface area contributed by atoms with Gasteiger partial charge in [0.25, 0.3) is 0 Å². The van der Waals surface area contributed by atoms with Crippen molar-refractivity contribution in [3.05, 3.63) is 27.7 Å². The quantitative estimate of drug-likeness (QED) is 0.748. The van der Waals surface area contributed by atoms with Crippen molar-refractivity contribution in [2.45, 2.75) is 11.8 Å². The van der Waals surface area contributed by atoms with Crippen LogP contribution >= 0.6 is 23.2 Å². The molecule has 7 nitrogen and oxygen atoms in total. The molecule has 10 heteroatoms. The molecule has 0 saturated carbocycles. The smallest absolute Gasteiger partial charge is 0.338 e. The van der Waals surface area contributed by atoms with E-state index in [4.69, 9.17) is 28.3 Å². The second-order valence-electron chi connectivity index (χ2n) is 3.67. The van der Waals surface area contributed by atoms with Gasteiger partial charge < -0.3 is 9.84 Å². The molecule has 0 unspecified atom stereocenters. The van der Waals surface area contributed by atoms with E-state index < -0.39 is 44.0 Å². The average Bonchev–Trinajstić information content (AvgIpc) is 2.36. The molecule has 0 aliphatic rings. The molecule has 0 aliphatic carbocycles. The van der Waals surface area contributed by atoms with Crippen molar-refractivity contribution in [3.8, 4) is 0 Å². The van der Waals surface area contributed by atoms with E-state index in [0.717, 1.165) is 12.1 Å². The monoisotopic (exact) mass is 355 g/mol. The predicted octanol–water partition coefficient (Wildman–Crippen LogP) is 1.53. The molecule has 21 heavy (non-hydrogen) atoms. The third-order valence-corrected chi connectivity index (χ3v) is 4.53. The molecule has 0 aliphatic heterocycles. The molecule has 2 N–H and O–H groups in total. The van der Waals surface area contributed by atoms with Gasteiger partial charge in [0.2, 0.25) is 10.0 Å². The molecule has 0 atom stereocenters. The number of hydrogen-bond donors (Lipinski definition) is 2. The third-order valence-electron chi connectivity index (χ3n) is 2.27. The first-order valence-electron chi connectivity index (χ1n) is 5.57. The number of carbonyl (C=O) groups excluding carboxylic acids is 1. The number of aromatic carboxylic acids is 1. The molecule has 0 fully saturated rings. The number of carboxylic acids is 1. The number of carboxylic acid groups (broad SMARTS) is 1. The zero-order chi connectivity index (χ0) is 16.2. The summed E-state index contributed by atoms with van der Waals surface area (Å²) >= 11 is 11.4. The Bertz CT molecular complexity index is 674. The van der Waals surface area contributed by atoms with Gasteiger partial charge in [-0.1, -0.05) is 23.2 Å². The number of benzene rings is 1. The Labute approximate surface area is 130 Å². The fourth-order valence-electron chi connectivity index (χ4n) is 1.38. The van der Waals surface area contributed by atoms with E-state index in [-0.39, 0.29) is 11.6 Å². The van der Waals surface area contributed by atoms with Crippen molar-refractivity contribution < 1.29 is 27.9 Å². The first-order valence-corrected chi connectivity index (χ1v) is 7.81. The van der Waals surface area contributed by atoms with E-state index in [0.29, 0.717) is 0 Å². The number of ether oxygens (including phenoxy) is 1. The molecule has 0 spiro atoms. The van der Waals surface area contributed by atoms with Gasteiger partial charge in [0.1, 0.15) is 11.4 Å². The summed E-state index contributed by atoms with van der Waals surface area (Å²) < 4.78 is 30.6. The molecule has 1 aromatic carbocycles. The van der Waals surface area contributed by atoms with Crippen molar-refractivity contribution >= 4 is 45.2 Å². The Kier molecular flexibility index (Phi) is 5.97. The van der Waals surface area contributed by atoms with Gasteiger partial charge in [0.05, 0.1) is 22.2 Å². The van der Waals surface area contributed by atoms with Gasteiger partial charge in [-0.3, -0.25) is 4.79 Å². The lowest BCUT2D eigenvalue weighted by molar-refractivity contribution is -0.141. The molecule has 1 aromatic rings. The van der Waals surface area contributed by atoms with Gasteiger partial charge in [-0.15, -0.1) is 0 Å². The maximum Gasteiger partial charge on any atom is 0.338 e. The highest BCUT2D eigenvalue weighted by molar-refractivity contribution is 7.89. The second-order valence-corrected chi connectivity index (χ2v) is 6.19. The standard InChI is InChI=1S/C11H11Cl2NO6S/c1-2-20-8(15)5-14-21(18,19)7-4-3-6(12)9(10(7)13)11(16)17/h3-4,14H,2,5H2,1H3,(H,16,17). The summed E-state index contributed by atoms with van der Waals surface area (Å²) in [5.74, 6) is -2.24. The Morgan fingerprint density at radius 3 is 2.48 bits per heavy atom. The number of esters is 1. The normalized spacial score (nSPS) is 11.2. The topological polar surface area (TPSA) is 110 Å². The van der Waals surface area contributed by atoms with Crippen LogP contribution < -0.4 is 4.72 Å². The molecule has 0 saturated heterocycles. The van der Waals surface area contributed by atoms with Crippen molar-refractivity contribution in [3.63, 3.8) is 0 Å². The summed E-state index contributed by atoms with van der Waals surface area (Å²) in [4.78, 5) is 21.7. The molecule has 1 rings (SSSR count). The summed E-state index contributed by atoms with van der Waals surface area (Å²) in [6.07, 6.45) is 0. The van der Waals surface area contributed by atoms with Crippen molar-refractivity contribution in [1.82, 2.24) is 4.72 Å². The maximum absolute atomic E-state index is 12.0. The van der Waals surface area contributed by atoms with Gasteiger partial charge in [-0.25, -0.2) is 13.2 Å². The lowest BCUT2D eigenvalue weighted by Crippen LogP contribution is -2.31. The average molecular weight is 356 g/mol. The predicted molar refractivity (Wildman–Crippen MR) is 75.2 cm³/mol. The van der Waals surface area contributed by atoms with E-state index in [1.54, 1.807) is 6.92 Å². The van der Waals surface area contributed by atoms with E-state index in [1.807, 2.05) is 4.72 Å². The zero-order valence-corrected chi connectivity index (χ0v) is 13.0. The van der Waals surface area contributed by atoms with Crippen LogP contribution in [0.1, 0.15) is 17.3 Å². The number of nitrogens with one attached hydrogen (secondary N) is 1. The van der Waals surface area contributed by atoms with Crippen molar-refractivity contribution in [2.75, 3.05) is 13.2 Å². The second kappa shape index (κ2) is 7.08. The van der Waals surface area contributed by atoms with Crippen LogP contribution in [0.25, 0.3) is 0 Å². The Balaban J connectivity index is 3.13. The molecule has 0 bridgehead atoms. The van der Waals surface area contributed by atoms with E-state index in [2.05, 4.69) is 4.74 Å². The van der Waals surface area contributed by atoms with E-state index in [1.165, 1.54) is 0 Å². The minimum atomic E-state index is -4.18. The summed E-state index contributed by atoms with van der Waals surface area (Å²) in [6.45, 7) is 1.07. The summed E-state index contributed by atoms with van der Waals surface area (Å²) in [7, 11) is -4.18. The third kappa shape index (κ3) is 4.31. The Hall–Kier alpha value is -1.35. The molecule has 0 amide bonds. The van der Waals surface area contributed by atoms with Crippen LogP contribution in [0.15, 0.2) is 17.0 Å². The highest BCUT2D eigenvalue weighted by Gasteiger charge is 2.25. The van der Waals surface area contributed by atoms with Crippen LogP contribution in [0.5, 0.6) is 0 Å². The SMILES string of the molecule is CCOC(=O)CNS(=O)(=O)c1ccc(Cl)c(C(=O)O)c1Cl. The van der Waals surface area contributed by atoms with Gasteiger partial charge >= 0.3 is 11.9 Å². The van der Waals surface area contributed by atoms with Crippen LogP contribution in [-0.2, 0) is 19.6 Å². The summed E-state index contributed by atoms with van der Waals surface area (Å²) in [5.41, 5.74) is -0.530. The zero-order valence-electron chi connectivity index (χ0n) is 10.7. The van der Waals surface area contributed by atoms with E-state index >= 15 is 0 Å². The minimum absolute atomic E-state index is 0.103. The minimum Gasteiger partial charge on any atom is -0.478 e. The van der Waals surface area contributed by atoms with E-state index in [9.17, 15) is 18.0 Å². The van der Waals surface area contributed by atoms with Crippen LogP contribution in [0, 0.1) is 0 Å². The molecule has 116 valence electrons. The number of halogens is 2. The van der Waals surface area contributed by atoms with Gasteiger partial charge in [0, 0.05) is 0 Å². The van der Waals surface area contributed by atoms with Crippen LogP contribution in [0.4, 0.5) is 0 Å². The van der Waals surface area contributed by atoms with Crippen molar-refractivity contribution in [2.24, 2.45) is 0 Å². The molecular formula is C11H11Cl2NO6S. The molecule has 0 heterocycles. The van der Waals surface area contributed by atoms with Crippen LogP contribution in [-0.4, -0.2) is 38.6 Å². The Morgan fingerprint density at radius 1 is 1.33 bits per heavy atom. The highest BCUT2D eigenvalue weighted by atomic mass is 35.5. The first kappa shape index (κ1) is 17.7. The molecule has 0 radical (unpaired) electrons. The number of hydrogen-bond acceptors (Lipinski definition) is 5. The molecular weight excluding hydrogens is 345 g/mol. The number of carbonyl (C=O) groups is 2. The van der Waals surface area contributed by atoms with Crippen LogP contribution in [0.2, 0.25) is 10.0 Å². The highest BCUT2D eigenvalue weighted by Crippen LogP contribution is 2.30. The summed E-state index contributed by atoms with van der Waals surface area (Å²) in [6, 6.07) is 2.14. The first-order chi connectivity index (χ1) is 9.70. The van der Waals surface area contributed by atoms with Gasteiger partial charge in [-0.2, -0.15) is 4.72 Å². The largest absolute Gasteiger partial charge is 0.478 e. The number of sulfonamides is 1. The van der Waals surface area contributed by atoms with Crippen molar-refractivity contribution in [1.29, 1.82) is 0 Å². The fraction of sp³-hybridized carbons (Fsp3) is 0.273. The maximum atomic E-state index is 12.0. The van der Waals surface area contributed by atoms with Gasteiger partial charge in [0.15, 0.2) is 0 Å². The lowest BCUT2D eigenvalue weighted by atomic mass is 10.2. The molecule has 0 aromatic heterocycles. The van der Waals surface area contributed by atoms with Crippen LogP contribution in [0.3, 0.4) is 0 Å². The van der Waals surface area contributed by atoms with Gasteiger partial charge in [-0.05, 0) is 19.1 Å². The lowest BCUT2D eigenvalue weighted by Gasteiger charge is -2.10. The summed E-state index contributed by atoms with van der Waals surface area (Å²) in [5, 5.41) is 8.23. The fourth-order valence-corrected chi connectivity index (χ4v) is 3.27.